The number of nitrogens with zero attached hydrogens (tertiary/aromatic N) is 1. The maximum Gasteiger partial charge on any atom is 0.473 e. The summed E-state index contributed by atoms with van der Waals surface area (Å²) in [6.07, 6.45) is 25.0. The van der Waals surface area contributed by atoms with Crippen molar-refractivity contribution in [2.45, 2.75) is 201 Å². The Morgan fingerprint density at radius 2 is 1.52 bits per heavy atom. The number of allylic oxidation sites excluding steroid dienone is 2. The summed E-state index contributed by atoms with van der Waals surface area (Å²) < 4.78 is 31.3. The fraction of sp³-hybridized carbons (Fsp3) is 0.922. The van der Waals surface area contributed by atoms with Gasteiger partial charge in [0.1, 0.15) is 13.2 Å². The van der Waals surface area contributed by atoms with E-state index in [-0.39, 0.29) is 12.0 Å². The number of fused-ring (bicyclic) bond motifs is 5. The molecule has 63 heavy (non-hydrogen) atoms. The molecule has 3 fully saturated rings. The first-order chi connectivity index (χ1) is 29.7. The van der Waals surface area contributed by atoms with Crippen LogP contribution in [-0.4, -0.2) is 90.8 Å². The number of phosphoric ester groups is 1. The zero-order chi connectivity index (χ0) is 46.5. The standard InChI is InChI=1S/C51H93N2O9P/c1-10-11-12-13-14-15-16-17-18-19-20-21-33-52-48(57)61-46(37-54)51(47(55)56,62-63(58,59)60-35-34-53(7,8)9)41-29-31-49(5)40(36-41)25-26-42-44-28-27-43(39(4)24-22-23-38(2)3)50(44,6)32-30-45(42)49/h25,38-39,41-46,54H,10-24,26-37H2,1-9H3,(H2-,52,55,56,57,58,59)/p+1/t39-,41?,42?,43-,44?,45?,46+,49+,50-,51?/m1/s1. The number of quaternary nitrogens is 1. The molecule has 1 amide bonds. The van der Waals surface area contributed by atoms with Crippen molar-refractivity contribution < 1.29 is 47.5 Å². The lowest BCUT2D eigenvalue weighted by Gasteiger charge is -2.59. The van der Waals surface area contributed by atoms with Gasteiger partial charge in [0.15, 0.2) is 6.10 Å². The molecule has 3 saturated carbocycles. The number of carboxylic acids is 1. The lowest BCUT2D eigenvalue weighted by molar-refractivity contribution is -0.870. The number of ether oxygens (including phenoxy) is 1. The number of amides is 1. The Hall–Kier alpha value is -1.49. The number of aliphatic hydroxyl groups is 1. The summed E-state index contributed by atoms with van der Waals surface area (Å²) >= 11 is 0. The molecule has 0 saturated heterocycles. The van der Waals surface area contributed by atoms with Crippen molar-refractivity contribution in [2.75, 3.05) is 47.4 Å². The number of likely N-dealkylation sites (N-methyl/N-ethyl adjacent to an activating group) is 1. The molecule has 0 heterocycles. The predicted molar refractivity (Wildman–Crippen MR) is 253 cm³/mol. The molecule has 4 rings (SSSR count). The van der Waals surface area contributed by atoms with Crippen LogP contribution in [0.3, 0.4) is 0 Å². The van der Waals surface area contributed by atoms with Crippen LogP contribution in [0.1, 0.15) is 189 Å². The molecule has 0 spiro atoms. The number of aliphatic hydroxyl groups excluding tert-OH is 1. The smallest absolute Gasteiger partial charge is 0.473 e. The van der Waals surface area contributed by atoms with Crippen LogP contribution in [0.2, 0.25) is 0 Å². The van der Waals surface area contributed by atoms with Gasteiger partial charge in [0.2, 0.25) is 5.60 Å². The third-order valence-corrected chi connectivity index (χ3v) is 17.8. The molecule has 366 valence electrons. The molecule has 4 aliphatic carbocycles. The number of hydrogen-bond donors (Lipinski definition) is 4. The summed E-state index contributed by atoms with van der Waals surface area (Å²) in [5.41, 5.74) is -1.22. The van der Waals surface area contributed by atoms with E-state index in [4.69, 9.17) is 13.8 Å². The highest BCUT2D eigenvalue weighted by molar-refractivity contribution is 7.47. The number of unbranched alkanes of at least 4 members (excludes halogenated alkanes) is 11. The third kappa shape index (κ3) is 14.5. The van der Waals surface area contributed by atoms with E-state index in [1.54, 1.807) is 0 Å². The molecule has 6 unspecified atom stereocenters. The quantitative estimate of drug-likeness (QED) is 0.0249. The molecule has 0 radical (unpaired) electrons. The van der Waals surface area contributed by atoms with Gasteiger partial charge >= 0.3 is 19.9 Å². The number of carbonyl (C=O) groups excluding carboxylic acids is 1. The monoisotopic (exact) mass is 910 g/mol. The second-order valence-corrected chi connectivity index (χ2v) is 24.0. The molecule has 0 aromatic heterocycles. The molecule has 4 aliphatic rings. The van der Waals surface area contributed by atoms with Gasteiger partial charge in [0.25, 0.3) is 0 Å². The van der Waals surface area contributed by atoms with Gasteiger partial charge < -0.3 is 29.6 Å². The summed E-state index contributed by atoms with van der Waals surface area (Å²) in [6, 6.07) is 0. The number of carboxylic acid groups (broad SMARTS) is 1. The van der Waals surface area contributed by atoms with Crippen LogP contribution in [0.5, 0.6) is 0 Å². The first-order valence-corrected chi connectivity index (χ1v) is 27.2. The van der Waals surface area contributed by atoms with Crippen LogP contribution in [0.15, 0.2) is 11.6 Å². The van der Waals surface area contributed by atoms with Crippen LogP contribution in [0, 0.1) is 52.3 Å². The Morgan fingerprint density at radius 3 is 2.11 bits per heavy atom. The first kappa shape index (κ1) is 54.1. The Labute approximate surface area is 383 Å². The van der Waals surface area contributed by atoms with Gasteiger partial charge in [0, 0.05) is 12.5 Å². The molecule has 11 atom stereocenters. The van der Waals surface area contributed by atoms with E-state index in [1.165, 1.54) is 89.9 Å². The number of alkyl carbamates (subject to hydrolysis) is 1. The molecule has 4 N–H and O–H groups in total. The second-order valence-electron chi connectivity index (χ2n) is 22.6. The van der Waals surface area contributed by atoms with E-state index in [9.17, 15) is 29.3 Å². The minimum atomic E-state index is -5.04. The minimum absolute atomic E-state index is 0.156. The average molecular weight is 910 g/mol. The van der Waals surface area contributed by atoms with Crippen molar-refractivity contribution in [1.82, 2.24) is 5.32 Å². The van der Waals surface area contributed by atoms with Gasteiger partial charge in [-0.3, -0.25) is 9.05 Å². The van der Waals surface area contributed by atoms with Crippen LogP contribution in [-0.2, 0) is 23.1 Å². The van der Waals surface area contributed by atoms with Crippen LogP contribution < -0.4 is 5.32 Å². The lowest BCUT2D eigenvalue weighted by atomic mass is 9.46. The average Bonchev–Trinajstić information content (AvgIpc) is 3.57. The summed E-state index contributed by atoms with van der Waals surface area (Å²) in [5, 5.41) is 24.8. The minimum Gasteiger partial charge on any atom is -0.479 e. The van der Waals surface area contributed by atoms with Crippen molar-refractivity contribution >= 4 is 19.9 Å². The van der Waals surface area contributed by atoms with Crippen LogP contribution in [0.25, 0.3) is 0 Å². The second kappa shape index (κ2) is 24.5. The SMILES string of the molecule is CCCCCCCCCCCCCCNC(=O)O[C@@H](CO)C(OP(=O)(O)OCC[N+](C)(C)C)(C(=O)O)C1CC[C@@]2(C)C(=CCC3C2CC[C@@]2(C)C3CC[C@@H]2[C@H](C)CCCC(C)C)C1. The number of carbonyl (C=O) groups is 2. The zero-order valence-electron chi connectivity index (χ0n) is 41.5. The molecular formula is C51H94N2O9P+. The third-order valence-electron chi connectivity index (χ3n) is 16.7. The predicted octanol–water partition coefficient (Wildman–Crippen LogP) is 12.1. The van der Waals surface area contributed by atoms with Crippen molar-refractivity contribution in [3.05, 3.63) is 11.6 Å². The summed E-state index contributed by atoms with van der Waals surface area (Å²) in [6.45, 7) is 13.9. The fourth-order valence-electron chi connectivity index (χ4n) is 13.0. The fourth-order valence-corrected chi connectivity index (χ4v) is 14.1. The van der Waals surface area contributed by atoms with Gasteiger partial charge in [-0.05, 0) is 104 Å². The maximum atomic E-state index is 13.8. The number of rotatable bonds is 29. The lowest BCUT2D eigenvalue weighted by Crippen LogP contribution is -2.61. The van der Waals surface area contributed by atoms with Gasteiger partial charge in [0.05, 0.1) is 27.7 Å². The topological polar surface area (TPSA) is 152 Å². The molecule has 0 bridgehead atoms. The van der Waals surface area contributed by atoms with Gasteiger partial charge in [-0.25, -0.2) is 14.2 Å². The van der Waals surface area contributed by atoms with E-state index < -0.39 is 44.1 Å². The summed E-state index contributed by atoms with van der Waals surface area (Å²) in [4.78, 5) is 38.3. The highest BCUT2D eigenvalue weighted by Crippen LogP contribution is 2.68. The molecule has 0 aliphatic heterocycles. The van der Waals surface area contributed by atoms with Gasteiger partial charge in [-0.2, -0.15) is 0 Å². The molecule has 12 heteroatoms. The van der Waals surface area contributed by atoms with Crippen LogP contribution >= 0.6 is 7.82 Å². The number of phosphoric acid groups is 1. The highest BCUT2D eigenvalue weighted by Gasteiger charge is 2.64. The number of hydrogen-bond acceptors (Lipinski definition) is 7. The van der Waals surface area contributed by atoms with Crippen molar-refractivity contribution in [1.29, 1.82) is 0 Å². The van der Waals surface area contributed by atoms with Crippen molar-refractivity contribution in [3.8, 4) is 0 Å². The molecule has 0 aromatic carbocycles. The van der Waals surface area contributed by atoms with E-state index in [0.717, 1.165) is 61.9 Å². The Morgan fingerprint density at radius 1 is 0.889 bits per heavy atom. The molecular weight excluding hydrogens is 816 g/mol. The van der Waals surface area contributed by atoms with E-state index in [0.29, 0.717) is 60.0 Å². The normalized spacial score (nSPS) is 30.0. The van der Waals surface area contributed by atoms with E-state index >= 15 is 0 Å². The zero-order valence-corrected chi connectivity index (χ0v) is 42.4. The molecule has 0 aromatic rings. The van der Waals surface area contributed by atoms with E-state index in [1.807, 2.05) is 21.1 Å². The van der Waals surface area contributed by atoms with Gasteiger partial charge in [-0.1, -0.05) is 143 Å². The number of nitrogens with one attached hydrogen (secondary N) is 1. The van der Waals surface area contributed by atoms with Crippen molar-refractivity contribution in [3.63, 3.8) is 0 Å². The Kier molecular flexibility index (Phi) is 21.1. The summed E-state index contributed by atoms with van der Waals surface area (Å²) in [7, 11) is 0.695. The summed E-state index contributed by atoms with van der Waals surface area (Å²) in [5.74, 6) is 1.47. The largest absolute Gasteiger partial charge is 0.479 e. The van der Waals surface area contributed by atoms with Crippen LogP contribution in [0.4, 0.5) is 4.79 Å². The first-order valence-electron chi connectivity index (χ1n) is 25.7. The highest BCUT2D eigenvalue weighted by atomic mass is 31.2. The van der Waals surface area contributed by atoms with E-state index in [2.05, 4.69) is 52.9 Å². The maximum absolute atomic E-state index is 13.8. The number of aliphatic carboxylic acids is 1. The molecule has 11 nitrogen and oxygen atoms in total. The van der Waals surface area contributed by atoms with Crippen molar-refractivity contribution in [2.24, 2.45) is 52.3 Å². The van der Waals surface area contributed by atoms with Gasteiger partial charge in [-0.15, -0.1) is 0 Å². The Bertz CT molecular complexity index is 1500. The Balaban J connectivity index is 1.46.